The zero-order valence-electron chi connectivity index (χ0n) is 22.5. The zero-order valence-corrected chi connectivity index (χ0v) is 22.5. The maximum Gasteiger partial charge on any atom is 0.418 e. The number of rotatable bonds is 4. The maximum absolute atomic E-state index is 14.4. The fourth-order valence-electron chi connectivity index (χ4n) is 5.45. The summed E-state index contributed by atoms with van der Waals surface area (Å²) in [5.74, 6) is -0.103. The molecule has 1 aromatic carbocycles. The molecule has 0 radical (unpaired) electrons. The standard InChI is InChI=1S/C30H27F3N6O2/c1-19(40)37-10-12-38(13-11-37)27-7-6-23(16-24(27)30(31,32)33)39-28(18-36(2)29(39)41)26-15-20(8-9-34-26)22-14-21-4-3-5-25(21)35-17-22/h3-4,6-9,14-18H,5,10-13H2,1-2H3. The van der Waals surface area contributed by atoms with E-state index in [4.69, 9.17) is 0 Å². The van der Waals surface area contributed by atoms with Crippen LogP contribution in [0.4, 0.5) is 18.9 Å². The average Bonchev–Trinajstić information content (AvgIpc) is 3.56. The predicted molar refractivity (Wildman–Crippen MR) is 150 cm³/mol. The maximum atomic E-state index is 14.4. The molecule has 0 bridgehead atoms. The van der Waals surface area contributed by atoms with Crippen LogP contribution in [0.1, 0.15) is 23.7 Å². The van der Waals surface area contributed by atoms with E-state index in [0.29, 0.717) is 24.5 Å². The minimum absolute atomic E-state index is 0.0215. The number of anilines is 1. The second-order valence-electron chi connectivity index (χ2n) is 10.2. The Bertz CT molecular complexity index is 1750. The number of piperazine rings is 1. The molecule has 1 aliphatic carbocycles. The van der Waals surface area contributed by atoms with Crippen LogP contribution in [0.5, 0.6) is 0 Å². The summed E-state index contributed by atoms with van der Waals surface area (Å²) in [4.78, 5) is 37.2. The van der Waals surface area contributed by atoms with Crippen molar-refractivity contribution in [3.8, 4) is 28.2 Å². The van der Waals surface area contributed by atoms with Crippen LogP contribution in [-0.4, -0.2) is 56.1 Å². The summed E-state index contributed by atoms with van der Waals surface area (Å²) in [5, 5.41) is 0. The summed E-state index contributed by atoms with van der Waals surface area (Å²) >= 11 is 0. The highest BCUT2D eigenvalue weighted by atomic mass is 19.4. The molecule has 2 aliphatic rings. The van der Waals surface area contributed by atoms with Gasteiger partial charge in [-0.3, -0.25) is 19.3 Å². The van der Waals surface area contributed by atoms with E-state index in [9.17, 15) is 22.8 Å². The number of amides is 1. The number of halogens is 3. The molecule has 6 rings (SSSR count). The molecule has 1 fully saturated rings. The predicted octanol–water partition coefficient (Wildman–Crippen LogP) is 4.56. The van der Waals surface area contributed by atoms with E-state index >= 15 is 0 Å². The molecule has 3 aromatic heterocycles. The molecule has 11 heteroatoms. The third-order valence-electron chi connectivity index (χ3n) is 7.63. The molecule has 41 heavy (non-hydrogen) atoms. The van der Waals surface area contributed by atoms with Crippen molar-refractivity contribution in [3.05, 3.63) is 88.4 Å². The number of nitrogens with zero attached hydrogens (tertiary/aromatic N) is 6. The van der Waals surface area contributed by atoms with Gasteiger partial charge in [-0.05, 0) is 47.5 Å². The zero-order chi connectivity index (χ0) is 28.9. The lowest BCUT2D eigenvalue weighted by molar-refractivity contribution is -0.137. The van der Waals surface area contributed by atoms with E-state index in [1.165, 1.54) is 28.2 Å². The molecule has 1 aliphatic heterocycles. The first-order chi connectivity index (χ1) is 19.6. The first-order valence-electron chi connectivity index (χ1n) is 13.2. The van der Waals surface area contributed by atoms with Gasteiger partial charge in [-0.15, -0.1) is 0 Å². The summed E-state index contributed by atoms with van der Waals surface area (Å²) in [6.45, 7) is 2.69. The second kappa shape index (κ2) is 10.1. The lowest BCUT2D eigenvalue weighted by atomic mass is 10.0. The van der Waals surface area contributed by atoms with Crippen LogP contribution in [0.15, 0.2) is 65.9 Å². The summed E-state index contributed by atoms with van der Waals surface area (Å²) in [5.41, 5.74) is 3.32. The molecule has 0 unspecified atom stereocenters. The molecular formula is C30H27F3N6O2. The summed E-state index contributed by atoms with van der Waals surface area (Å²) in [7, 11) is 1.55. The van der Waals surface area contributed by atoms with Crippen molar-refractivity contribution >= 4 is 17.7 Å². The third-order valence-corrected chi connectivity index (χ3v) is 7.63. The molecule has 0 spiro atoms. The van der Waals surface area contributed by atoms with Crippen LogP contribution in [0.3, 0.4) is 0 Å². The minimum Gasteiger partial charge on any atom is -0.367 e. The Labute approximate surface area is 234 Å². The summed E-state index contributed by atoms with van der Waals surface area (Å²) in [6, 6.07) is 9.61. The van der Waals surface area contributed by atoms with Crippen molar-refractivity contribution in [1.29, 1.82) is 0 Å². The van der Waals surface area contributed by atoms with Crippen molar-refractivity contribution in [3.63, 3.8) is 0 Å². The third kappa shape index (κ3) is 4.92. The van der Waals surface area contributed by atoms with E-state index < -0.39 is 17.4 Å². The van der Waals surface area contributed by atoms with Gasteiger partial charge in [-0.25, -0.2) is 4.79 Å². The van der Waals surface area contributed by atoms with Gasteiger partial charge in [0, 0.05) is 76.4 Å². The van der Waals surface area contributed by atoms with Crippen LogP contribution in [0, 0.1) is 0 Å². The Balaban J connectivity index is 1.40. The second-order valence-corrected chi connectivity index (χ2v) is 10.2. The van der Waals surface area contributed by atoms with E-state index in [1.54, 1.807) is 41.5 Å². The number of pyridine rings is 2. The van der Waals surface area contributed by atoms with Crippen molar-refractivity contribution in [2.45, 2.75) is 19.5 Å². The van der Waals surface area contributed by atoms with Gasteiger partial charge in [0.25, 0.3) is 0 Å². The van der Waals surface area contributed by atoms with Gasteiger partial charge < -0.3 is 14.4 Å². The van der Waals surface area contributed by atoms with Crippen molar-refractivity contribution in [2.75, 3.05) is 31.1 Å². The van der Waals surface area contributed by atoms with Crippen LogP contribution < -0.4 is 10.6 Å². The molecular weight excluding hydrogens is 533 g/mol. The summed E-state index contributed by atoms with van der Waals surface area (Å²) < 4.78 is 45.7. The first-order valence-corrected chi connectivity index (χ1v) is 13.2. The molecule has 4 heterocycles. The quantitative estimate of drug-likeness (QED) is 0.366. The fraction of sp³-hybridized carbons (Fsp3) is 0.267. The molecule has 8 nitrogen and oxygen atoms in total. The molecule has 0 atom stereocenters. The van der Waals surface area contributed by atoms with Gasteiger partial charge in [0.2, 0.25) is 5.91 Å². The molecule has 210 valence electrons. The van der Waals surface area contributed by atoms with E-state index in [-0.39, 0.29) is 30.4 Å². The number of aromatic nitrogens is 4. The number of benzene rings is 1. The van der Waals surface area contributed by atoms with Crippen molar-refractivity contribution < 1.29 is 18.0 Å². The highest BCUT2D eigenvalue weighted by Crippen LogP contribution is 2.39. The summed E-state index contributed by atoms with van der Waals surface area (Å²) in [6.07, 6.45) is 5.17. The number of hydrogen-bond acceptors (Lipinski definition) is 5. The minimum atomic E-state index is -4.66. The number of aryl methyl sites for hydroxylation is 1. The van der Waals surface area contributed by atoms with Crippen LogP contribution in [0.2, 0.25) is 0 Å². The Morgan fingerprint density at radius 2 is 1.76 bits per heavy atom. The van der Waals surface area contributed by atoms with E-state index in [1.807, 2.05) is 18.2 Å². The van der Waals surface area contributed by atoms with Gasteiger partial charge in [-0.1, -0.05) is 12.2 Å². The smallest absolute Gasteiger partial charge is 0.367 e. The van der Waals surface area contributed by atoms with Gasteiger partial charge in [-0.2, -0.15) is 13.2 Å². The largest absolute Gasteiger partial charge is 0.418 e. The van der Waals surface area contributed by atoms with E-state index in [0.717, 1.165) is 34.9 Å². The van der Waals surface area contributed by atoms with Crippen LogP contribution in [0.25, 0.3) is 34.3 Å². The average molecular weight is 561 g/mol. The highest BCUT2D eigenvalue weighted by molar-refractivity contribution is 5.74. The van der Waals surface area contributed by atoms with E-state index in [2.05, 4.69) is 16.0 Å². The fourth-order valence-corrected chi connectivity index (χ4v) is 5.45. The van der Waals surface area contributed by atoms with Gasteiger partial charge in [0.05, 0.1) is 28.3 Å². The van der Waals surface area contributed by atoms with Gasteiger partial charge >= 0.3 is 11.9 Å². The number of allylic oxidation sites excluding steroid dienone is 1. The molecule has 4 aromatic rings. The Kier molecular flexibility index (Phi) is 6.51. The highest BCUT2D eigenvalue weighted by Gasteiger charge is 2.36. The molecule has 1 saturated heterocycles. The Hall–Kier alpha value is -4.67. The molecule has 0 N–H and O–H groups in total. The number of hydrogen-bond donors (Lipinski definition) is 0. The Morgan fingerprint density at radius 1 is 0.976 bits per heavy atom. The van der Waals surface area contributed by atoms with Gasteiger partial charge in [0.1, 0.15) is 0 Å². The first kappa shape index (κ1) is 26.5. The molecule has 0 saturated carbocycles. The lowest BCUT2D eigenvalue weighted by Crippen LogP contribution is -2.48. The lowest BCUT2D eigenvalue weighted by Gasteiger charge is -2.36. The number of fused-ring (bicyclic) bond motifs is 1. The SMILES string of the molecule is CC(=O)N1CCN(c2ccc(-n3c(-c4cc(-c5cnc6c(c5)C=CC6)ccn4)cn(C)c3=O)cc2C(F)(F)F)CC1. The van der Waals surface area contributed by atoms with Crippen LogP contribution >= 0.6 is 0 Å². The normalized spacial score (nSPS) is 15.0. The monoisotopic (exact) mass is 560 g/mol. The number of imidazole rings is 1. The molecule has 1 amide bonds. The van der Waals surface area contributed by atoms with Gasteiger partial charge in [0.15, 0.2) is 0 Å². The Morgan fingerprint density at radius 3 is 2.49 bits per heavy atom. The van der Waals surface area contributed by atoms with Crippen molar-refractivity contribution in [2.24, 2.45) is 7.05 Å². The number of carbonyl (C=O) groups excluding carboxylic acids is 1. The topological polar surface area (TPSA) is 76.3 Å². The van der Waals surface area contributed by atoms with Crippen molar-refractivity contribution in [1.82, 2.24) is 24.0 Å². The number of carbonyl (C=O) groups is 1. The van der Waals surface area contributed by atoms with Crippen LogP contribution in [-0.2, 0) is 24.4 Å². The number of alkyl halides is 3.